The van der Waals surface area contributed by atoms with E-state index in [0.29, 0.717) is 31.6 Å². The van der Waals surface area contributed by atoms with Crippen molar-refractivity contribution in [3.8, 4) is 0 Å². The molecule has 3 N–H and O–H groups in total. The summed E-state index contributed by atoms with van der Waals surface area (Å²) < 4.78 is 14.5. The van der Waals surface area contributed by atoms with Gasteiger partial charge in [0.2, 0.25) is 0 Å². The van der Waals surface area contributed by atoms with E-state index in [9.17, 15) is 14.3 Å². The summed E-state index contributed by atoms with van der Waals surface area (Å²) in [5.74, 6) is 0.700. The van der Waals surface area contributed by atoms with E-state index in [4.69, 9.17) is 10.4 Å². The second-order valence-electron chi connectivity index (χ2n) is 8.79. The number of fused-ring (bicyclic) bond motifs is 1. The molecule has 8 nitrogen and oxygen atoms in total. The minimum Gasteiger partial charge on any atom is -0.388 e. The van der Waals surface area contributed by atoms with E-state index < -0.39 is 11.2 Å². The number of aliphatic hydroxyl groups is 1. The van der Waals surface area contributed by atoms with Gasteiger partial charge in [0.05, 0.1) is 24.0 Å². The molecular formula is C26H25FN6O2. The van der Waals surface area contributed by atoms with Crippen LogP contribution in [-0.2, 0) is 6.54 Å². The van der Waals surface area contributed by atoms with Gasteiger partial charge in [-0.15, -0.1) is 0 Å². The van der Waals surface area contributed by atoms with Crippen LogP contribution in [0.25, 0.3) is 10.9 Å². The van der Waals surface area contributed by atoms with Crippen molar-refractivity contribution in [2.24, 2.45) is 0 Å². The number of anilines is 3. The lowest BCUT2D eigenvalue weighted by molar-refractivity contribution is -0.00124. The second kappa shape index (κ2) is 9.27. The van der Waals surface area contributed by atoms with E-state index in [-0.39, 0.29) is 23.7 Å². The van der Waals surface area contributed by atoms with Crippen LogP contribution in [0.5, 0.6) is 0 Å². The second-order valence-corrected chi connectivity index (χ2v) is 8.79. The minimum atomic E-state index is -1.08. The molecule has 0 bridgehead atoms. The molecule has 1 fully saturated rings. The average Bonchev–Trinajstić information content (AvgIpc) is 2.87. The predicted molar refractivity (Wildman–Crippen MR) is 134 cm³/mol. The van der Waals surface area contributed by atoms with Crippen molar-refractivity contribution in [2.45, 2.75) is 25.0 Å². The van der Waals surface area contributed by atoms with Gasteiger partial charge in [-0.3, -0.25) is 9.36 Å². The molecule has 0 aliphatic carbocycles. The van der Waals surface area contributed by atoms with Gasteiger partial charge in [0.15, 0.2) is 0 Å². The van der Waals surface area contributed by atoms with Crippen molar-refractivity contribution in [1.29, 1.82) is 5.41 Å². The Labute approximate surface area is 201 Å². The van der Waals surface area contributed by atoms with Crippen LogP contribution in [0.2, 0.25) is 0 Å². The molecular weight excluding hydrogens is 447 g/mol. The molecule has 9 heteroatoms. The van der Waals surface area contributed by atoms with Crippen LogP contribution in [0.1, 0.15) is 18.4 Å². The molecule has 4 aromatic rings. The Morgan fingerprint density at radius 2 is 1.83 bits per heavy atom. The smallest absolute Gasteiger partial charge is 0.264 e. The van der Waals surface area contributed by atoms with Gasteiger partial charge in [-0.05, 0) is 55.3 Å². The van der Waals surface area contributed by atoms with Gasteiger partial charge in [-0.25, -0.2) is 14.4 Å². The number of nitrogens with one attached hydrogen (secondary N) is 2. The number of aromatic nitrogens is 3. The van der Waals surface area contributed by atoms with Crippen molar-refractivity contribution < 1.29 is 9.50 Å². The first-order valence-corrected chi connectivity index (χ1v) is 11.4. The predicted octanol–water partition coefficient (Wildman–Crippen LogP) is 3.70. The molecule has 0 spiro atoms. The van der Waals surface area contributed by atoms with Gasteiger partial charge >= 0.3 is 0 Å². The average molecular weight is 473 g/mol. The Morgan fingerprint density at radius 1 is 1.09 bits per heavy atom. The third kappa shape index (κ3) is 4.76. The maximum atomic E-state index is 13.2. The number of hydrogen-bond acceptors (Lipinski definition) is 7. The molecule has 35 heavy (non-hydrogen) atoms. The highest BCUT2D eigenvalue weighted by Gasteiger charge is 2.34. The zero-order valence-electron chi connectivity index (χ0n) is 19.0. The maximum absolute atomic E-state index is 13.2. The van der Waals surface area contributed by atoms with E-state index in [0.717, 1.165) is 22.9 Å². The molecule has 0 amide bonds. The Balaban J connectivity index is 1.30. The summed E-state index contributed by atoms with van der Waals surface area (Å²) >= 11 is 0. The highest BCUT2D eigenvalue weighted by Crippen LogP contribution is 2.28. The van der Waals surface area contributed by atoms with E-state index in [1.165, 1.54) is 35.2 Å². The van der Waals surface area contributed by atoms with Gasteiger partial charge in [0.1, 0.15) is 23.0 Å². The first kappa shape index (κ1) is 22.7. The maximum Gasteiger partial charge on any atom is 0.264 e. The Bertz CT molecular complexity index is 1430. The number of nitrogens with zero attached hydrogens (tertiary/aromatic N) is 4. The Kier molecular flexibility index (Phi) is 6.00. The van der Waals surface area contributed by atoms with E-state index in [1.54, 1.807) is 0 Å². The zero-order valence-corrected chi connectivity index (χ0v) is 19.0. The molecule has 1 aliphatic rings. The fraction of sp³-hybridized carbons (Fsp3) is 0.231. The number of para-hydroxylation sites is 1. The normalized spacial score (nSPS) is 15.2. The number of pyridine rings is 1. The van der Waals surface area contributed by atoms with Crippen LogP contribution in [-0.4, -0.2) is 44.5 Å². The van der Waals surface area contributed by atoms with E-state index in [1.807, 2.05) is 36.4 Å². The third-order valence-electron chi connectivity index (χ3n) is 6.39. The van der Waals surface area contributed by atoms with Crippen LogP contribution in [0.4, 0.5) is 21.7 Å². The quantitative estimate of drug-likeness (QED) is 0.370. The summed E-state index contributed by atoms with van der Waals surface area (Å²) in [5.41, 5.74) is 0.0404. The van der Waals surface area contributed by atoms with E-state index in [2.05, 4.69) is 15.2 Å². The molecule has 0 radical (unpaired) electrons. The van der Waals surface area contributed by atoms with Crippen molar-refractivity contribution in [2.75, 3.05) is 23.3 Å². The van der Waals surface area contributed by atoms with Gasteiger partial charge in [-0.2, -0.15) is 0 Å². The lowest BCUT2D eigenvalue weighted by Crippen LogP contribution is -2.48. The number of hydrogen-bond donors (Lipinski definition) is 3. The van der Waals surface area contributed by atoms with Crippen LogP contribution in [0, 0.1) is 11.2 Å². The summed E-state index contributed by atoms with van der Waals surface area (Å²) in [6, 6.07) is 17.6. The molecule has 3 heterocycles. The van der Waals surface area contributed by atoms with Crippen molar-refractivity contribution in [3.63, 3.8) is 0 Å². The number of halogens is 1. The monoisotopic (exact) mass is 472 g/mol. The van der Waals surface area contributed by atoms with E-state index >= 15 is 0 Å². The lowest BCUT2D eigenvalue weighted by Gasteiger charge is -2.39. The molecule has 2 aromatic heterocycles. The Hall–Kier alpha value is -4.11. The first-order valence-electron chi connectivity index (χ1n) is 11.4. The number of benzene rings is 2. The fourth-order valence-corrected chi connectivity index (χ4v) is 4.38. The Morgan fingerprint density at radius 3 is 2.57 bits per heavy atom. The van der Waals surface area contributed by atoms with Gasteiger partial charge in [0, 0.05) is 30.4 Å². The van der Waals surface area contributed by atoms with Gasteiger partial charge in [0.25, 0.3) is 5.56 Å². The topological polar surface area (TPSA) is 107 Å². The standard InChI is InChI=1S/C26H25FN6O2/c27-19-6-8-20(9-7-19)30-24-21(15-28)25(34)33(17-29-24)16-26(35)11-13-32(14-12-26)23-10-5-18-3-1-2-4-22(18)31-23/h1-10,15,17,28,30,35H,11-14,16H2. The van der Waals surface area contributed by atoms with Crippen LogP contribution >= 0.6 is 0 Å². The summed E-state index contributed by atoms with van der Waals surface area (Å²) in [4.78, 5) is 24.2. The van der Waals surface area contributed by atoms with Crippen LogP contribution < -0.4 is 15.8 Å². The number of rotatable bonds is 6. The highest BCUT2D eigenvalue weighted by molar-refractivity contribution is 5.85. The van der Waals surface area contributed by atoms with Gasteiger partial charge in [-0.1, -0.05) is 18.2 Å². The number of piperidine rings is 1. The third-order valence-corrected chi connectivity index (χ3v) is 6.39. The molecule has 1 saturated heterocycles. The molecule has 1 aliphatic heterocycles. The summed E-state index contributed by atoms with van der Waals surface area (Å²) in [5, 5.41) is 23.0. The van der Waals surface area contributed by atoms with Gasteiger partial charge < -0.3 is 20.7 Å². The summed E-state index contributed by atoms with van der Waals surface area (Å²) in [7, 11) is 0. The summed E-state index contributed by atoms with van der Waals surface area (Å²) in [6.07, 6.45) is 3.24. The zero-order chi connectivity index (χ0) is 24.4. The van der Waals surface area contributed by atoms with Crippen LogP contribution in [0.3, 0.4) is 0 Å². The molecule has 5 rings (SSSR count). The molecule has 0 unspecified atom stereocenters. The highest BCUT2D eigenvalue weighted by atomic mass is 19.1. The summed E-state index contributed by atoms with van der Waals surface area (Å²) in [6.45, 7) is 1.28. The molecule has 0 saturated carbocycles. The minimum absolute atomic E-state index is 0.0678. The van der Waals surface area contributed by atoms with Crippen LogP contribution in [0.15, 0.2) is 71.8 Å². The first-order chi connectivity index (χ1) is 16.9. The molecule has 178 valence electrons. The SMILES string of the molecule is N=Cc1c(Nc2ccc(F)cc2)ncn(CC2(O)CCN(c3ccc4ccccc4n3)CC2)c1=O. The van der Waals surface area contributed by atoms with Crippen molar-refractivity contribution >= 4 is 34.4 Å². The fourth-order valence-electron chi connectivity index (χ4n) is 4.38. The molecule has 2 aromatic carbocycles. The van der Waals surface area contributed by atoms with Crippen molar-refractivity contribution in [3.05, 3.63) is 88.7 Å². The van der Waals surface area contributed by atoms with Crippen molar-refractivity contribution in [1.82, 2.24) is 14.5 Å². The largest absolute Gasteiger partial charge is 0.388 e. The lowest BCUT2D eigenvalue weighted by atomic mass is 9.91. The molecule has 0 atom stereocenters.